The molecule has 0 heterocycles. The zero-order chi connectivity index (χ0) is 20.0. The van der Waals surface area contributed by atoms with Crippen molar-refractivity contribution >= 4 is 29.4 Å². The Balaban J connectivity index is 2.27. The molecule has 0 aliphatic carbocycles. The Labute approximate surface area is 164 Å². The quantitative estimate of drug-likeness (QED) is 0.717. The van der Waals surface area contributed by atoms with E-state index in [1.54, 1.807) is 26.8 Å². The van der Waals surface area contributed by atoms with Gasteiger partial charge in [-0.15, -0.1) is 0 Å². The van der Waals surface area contributed by atoms with Gasteiger partial charge >= 0.3 is 12.1 Å². The second-order valence-corrected chi connectivity index (χ2v) is 7.62. The molecule has 1 N–H and O–H groups in total. The van der Waals surface area contributed by atoms with Crippen molar-refractivity contribution in [2.24, 2.45) is 0 Å². The number of amides is 1. The average molecular weight is 390 g/mol. The predicted molar refractivity (Wildman–Crippen MR) is 107 cm³/mol. The van der Waals surface area contributed by atoms with Gasteiger partial charge in [0, 0.05) is 11.6 Å². The predicted octanol–water partition coefficient (Wildman–Crippen LogP) is 5.41. The molecule has 0 atom stereocenters. The number of hydrogen-bond donors (Lipinski definition) is 1. The number of aromatic carboxylic acids is 1. The van der Waals surface area contributed by atoms with E-state index in [1.807, 2.05) is 30.3 Å². The van der Waals surface area contributed by atoms with Crippen molar-refractivity contribution in [3.05, 3.63) is 64.7 Å². The van der Waals surface area contributed by atoms with Crippen molar-refractivity contribution in [2.45, 2.75) is 39.2 Å². The Kier molecular flexibility index (Phi) is 6.86. The van der Waals surface area contributed by atoms with E-state index in [4.69, 9.17) is 16.3 Å². The van der Waals surface area contributed by atoms with E-state index < -0.39 is 17.7 Å². The maximum Gasteiger partial charge on any atom is 0.414 e. The third-order valence-electron chi connectivity index (χ3n) is 3.78. The van der Waals surface area contributed by atoms with E-state index in [9.17, 15) is 14.7 Å². The molecule has 1 amide bonds. The highest BCUT2D eigenvalue weighted by Crippen LogP contribution is 2.27. The van der Waals surface area contributed by atoms with Gasteiger partial charge in [0.1, 0.15) is 5.60 Å². The molecule has 0 aliphatic heterocycles. The smallest absolute Gasteiger partial charge is 0.414 e. The molecule has 27 heavy (non-hydrogen) atoms. The number of rotatable bonds is 6. The fourth-order valence-corrected chi connectivity index (χ4v) is 2.80. The lowest BCUT2D eigenvalue weighted by Gasteiger charge is -2.28. The standard InChI is InChI=1S/C21H24ClNO4/c1-21(2,3)27-20(26)23(13-7-10-15-8-5-4-6-9-15)18-12-11-16(22)14-17(18)19(24)25/h4-6,8-9,11-12,14H,7,10,13H2,1-3H3,(H,24,25). The van der Waals surface area contributed by atoms with Crippen LogP contribution in [0.4, 0.5) is 10.5 Å². The van der Waals surface area contributed by atoms with Gasteiger partial charge in [0.2, 0.25) is 0 Å². The average Bonchev–Trinajstić information content (AvgIpc) is 2.58. The van der Waals surface area contributed by atoms with Gasteiger partial charge in [0.25, 0.3) is 0 Å². The number of carboxylic acids is 1. The molecule has 0 unspecified atom stereocenters. The van der Waals surface area contributed by atoms with Crippen LogP contribution in [0.25, 0.3) is 0 Å². The molecule has 0 aromatic heterocycles. The van der Waals surface area contributed by atoms with Gasteiger partial charge in [-0.25, -0.2) is 9.59 Å². The van der Waals surface area contributed by atoms with Crippen LogP contribution in [0.5, 0.6) is 0 Å². The number of halogens is 1. The molecule has 2 rings (SSSR count). The van der Waals surface area contributed by atoms with E-state index in [0.717, 1.165) is 12.0 Å². The van der Waals surface area contributed by atoms with Crippen molar-refractivity contribution in [1.29, 1.82) is 0 Å². The summed E-state index contributed by atoms with van der Waals surface area (Å²) in [6.07, 6.45) is 0.835. The van der Waals surface area contributed by atoms with Gasteiger partial charge in [0.05, 0.1) is 11.3 Å². The van der Waals surface area contributed by atoms with Crippen LogP contribution in [-0.4, -0.2) is 29.3 Å². The number of carboxylic acid groups (broad SMARTS) is 1. The molecule has 2 aromatic rings. The minimum Gasteiger partial charge on any atom is -0.478 e. The van der Waals surface area contributed by atoms with Crippen LogP contribution >= 0.6 is 11.6 Å². The van der Waals surface area contributed by atoms with Crippen molar-refractivity contribution in [3.8, 4) is 0 Å². The zero-order valence-corrected chi connectivity index (χ0v) is 16.5. The Bertz CT molecular complexity index is 800. The van der Waals surface area contributed by atoms with Crippen LogP contribution in [0, 0.1) is 0 Å². The summed E-state index contributed by atoms with van der Waals surface area (Å²) in [4.78, 5) is 25.8. The van der Waals surface area contributed by atoms with Crippen molar-refractivity contribution < 1.29 is 19.4 Å². The van der Waals surface area contributed by atoms with Crippen LogP contribution in [0.3, 0.4) is 0 Å². The molecule has 2 aromatic carbocycles. The van der Waals surface area contributed by atoms with Crippen molar-refractivity contribution in [2.75, 3.05) is 11.4 Å². The third kappa shape index (κ3) is 6.29. The normalized spacial score (nSPS) is 11.1. The maximum atomic E-state index is 12.7. The molecule has 5 nitrogen and oxygen atoms in total. The summed E-state index contributed by atoms with van der Waals surface area (Å²) in [6.45, 7) is 5.64. The molecule has 6 heteroatoms. The molecule has 0 radical (unpaired) electrons. The van der Waals surface area contributed by atoms with Crippen molar-refractivity contribution in [3.63, 3.8) is 0 Å². The maximum absolute atomic E-state index is 12.7. The minimum atomic E-state index is -1.15. The van der Waals surface area contributed by atoms with E-state index in [-0.39, 0.29) is 11.3 Å². The minimum absolute atomic E-state index is 0.0342. The van der Waals surface area contributed by atoms with E-state index in [1.165, 1.54) is 17.0 Å². The summed E-state index contributed by atoms with van der Waals surface area (Å²) in [5.41, 5.74) is 0.698. The summed E-state index contributed by atoms with van der Waals surface area (Å²) in [5, 5.41) is 9.82. The first-order valence-corrected chi connectivity index (χ1v) is 9.12. The third-order valence-corrected chi connectivity index (χ3v) is 4.02. The SMILES string of the molecule is CC(C)(C)OC(=O)N(CCCc1ccccc1)c1ccc(Cl)cc1C(=O)O. The van der Waals surface area contributed by atoms with Gasteiger partial charge in [0.15, 0.2) is 0 Å². The second kappa shape index (κ2) is 8.91. The molecular formula is C21H24ClNO4. The zero-order valence-electron chi connectivity index (χ0n) is 15.7. The van der Waals surface area contributed by atoms with Gasteiger partial charge in [-0.2, -0.15) is 0 Å². The van der Waals surface area contributed by atoms with Crippen molar-refractivity contribution in [1.82, 2.24) is 0 Å². The van der Waals surface area contributed by atoms with Crippen LogP contribution in [0.1, 0.15) is 43.1 Å². The first-order chi connectivity index (χ1) is 12.7. The van der Waals surface area contributed by atoms with Crippen LogP contribution in [-0.2, 0) is 11.2 Å². The highest BCUT2D eigenvalue weighted by atomic mass is 35.5. The summed E-state index contributed by atoms with van der Waals surface area (Å²) in [5.74, 6) is -1.15. The second-order valence-electron chi connectivity index (χ2n) is 7.19. The summed E-state index contributed by atoms with van der Waals surface area (Å²) in [6, 6.07) is 14.4. The Morgan fingerprint density at radius 2 is 1.78 bits per heavy atom. The molecule has 0 fully saturated rings. The number of benzene rings is 2. The molecule has 0 spiro atoms. The lowest BCUT2D eigenvalue weighted by atomic mass is 10.1. The van der Waals surface area contributed by atoms with E-state index in [2.05, 4.69) is 0 Å². The Morgan fingerprint density at radius 1 is 1.11 bits per heavy atom. The summed E-state index contributed by atoms with van der Waals surface area (Å²) >= 11 is 5.94. The Hall–Kier alpha value is -2.53. The van der Waals surface area contributed by atoms with E-state index >= 15 is 0 Å². The lowest BCUT2D eigenvalue weighted by molar-refractivity contribution is 0.0579. The number of nitrogens with zero attached hydrogens (tertiary/aromatic N) is 1. The monoisotopic (exact) mass is 389 g/mol. The molecule has 144 valence electrons. The highest BCUT2D eigenvalue weighted by molar-refractivity contribution is 6.31. The number of anilines is 1. The van der Waals surface area contributed by atoms with Gasteiger partial charge in [-0.05, 0) is 57.4 Å². The van der Waals surface area contributed by atoms with Crippen LogP contribution in [0.2, 0.25) is 5.02 Å². The van der Waals surface area contributed by atoms with E-state index in [0.29, 0.717) is 18.0 Å². The number of carbonyl (C=O) groups is 2. The van der Waals surface area contributed by atoms with Crippen LogP contribution in [0.15, 0.2) is 48.5 Å². The molecule has 0 bridgehead atoms. The number of carbonyl (C=O) groups excluding carboxylic acids is 1. The molecular weight excluding hydrogens is 366 g/mol. The number of hydrogen-bond acceptors (Lipinski definition) is 3. The molecule has 0 saturated heterocycles. The van der Waals surface area contributed by atoms with Gasteiger partial charge in [-0.3, -0.25) is 4.90 Å². The fourth-order valence-electron chi connectivity index (χ4n) is 2.63. The van der Waals surface area contributed by atoms with Crippen LogP contribution < -0.4 is 4.90 Å². The number of ether oxygens (including phenoxy) is 1. The lowest BCUT2D eigenvalue weighted by Crippen LogP contribution is -2.38. The topological polar surface area (TPSA) is 66.8 Å². The Morgan fingerprint density at radius 3 is 2.37 bits per heavy atom. The summed E-state index contributed by atoms with van der Waals surface area (Å²) in [7, 11) is 0. The first-order valence-electron chi connectivity index (χ1n) is 8.74. The van der Waals surface area contributed by atoms with Gasteiger partial charge in [-0.1, -0.05) is 41.9 Å². The molecule has 0 saturated carbocycles. The highest BCUT2D eigenvalue weighted by Gasteiger charge is 2.26. The molecule has 0 aliphatic rings. The van der Waals surface area contributed by atoms with Gasteiger partial charge < -0.3 is 9.84 Å². The first kappa shape index (κ1) is 20.8. The fraction of sp³-hybridized carbons (Fsp3) is 0.333. The number of aryl methyl sites for hydroxylation is 1. The summed E-state index contributed by atoms with van der Waals surface area (Å²) < 4.78 is 5.48. The largest absolute Gasteiger partial charge is 0.478 e.